The second-order valence-electron chi connectivity index (χ2n) is 6.48. The fourth-order valence-electron chi connectivity index (χ4n) is 3.57. The summed E-state index contributed by atoms with van der Waals surface area (Å²) < 4.78 is 5.69. The highest BCUT2D eigenvalue weighted by Crippen LogP contribution is 2.31. The molecule has 1 saturated heterocycles. The Bertz CT molecular complexity index is 311. The highest BCUT2D eigenvalue weighted by molar-refractivity contribution is 5.79. The predicted molar refractivity (Wildman–Crippen MR) is 75.7 cm³/mol. The molecule has 0 spiro atoms. The van der Waals surface area contributed by atoms with Gasteiger partial charge in [-0.25, -0.2) is 0 Å². The van der Waals surface area contributed by atoms with Crippen LogP contribution in [0.25, 0.3) is 0 Å². The van der Waals surface area contributed by atoms with E-state index >= 15 is 0 Å². The minimum Gasteiger partial charge on any atom is -0.372 e. The number of nitrogens with two attached hydrogens (primary N) is 1. The number of hydrogen-bond acceptors (Lipinski definition) is 3. The van der Waals surface area contributed by atoms with E-state index in [1.54, 1.807) is 0 Å². The maximum atomic E-state index is 12.6. The van der Waals surface area contributed by atoms with Gasteiger partial charge in [0.1, 0.15) is 0 Å². The van der Waals surface area contributed by atoms with Gasteiger partial charge in [0.15, 0.2) is 0 Å². The van der Waals surface area contributed by atoms with Crippen LogP contribution in [-0.2, 0) is 9.53 Å². The number of ether oxygens (including phenoxy) is 1. The van der Waals surface area contributed by atoms with Gasteiger partial charge in [0.05, 0.1) is 12.2 Å². The summed E-state index contributed by atoms with van der Waals surface area (Å²) >= 11 is 0. The highest BCUT2D eigenvalue weighted by Gasteiger charge is 2.34. The molecule has 0 aromatic heterocycles. The molecule has 4 heteroatoms. The van der Waals surface area contributed by atoms with E-state index < -0.39 is 0 Å². The van der Waals surface area contributed by atoms with Crippen molar-refractivity contribution in [2.45, 2.75) is 64.7 Å². The number of nitrogens with zero attached hydrogens (tertiary/aromatic N) is 1. The molecule has 1 aliphatic heterocycles. The van der Waals surface area contributed by atoms with Crippen LogP contribution in [0.1, 0.15) is 46.5 Å². The number of carbonyl (C=O) groups excluding carboxylic acids is 1. The third kappa shape index (κ3) is 3.69. The van der Waals surface area contributed by atoms with Crippen molar-refractivity contribution in [1.82, 2.24) is 4.90 Å². The van der Waals surface area contributed by atoms with E-state index in [0.717, 1.165) is 32.4 Å². The van der Waals surface area contributed by atoms with Gasteiger partial charge in [-0.1, -0.05) is 13.3 Å². The monoisotopic (exact) mass is 268 g/mol. The molecule has 1 heterocycles. The molecule has 4 nitrogen and oxygen atoms in total. The molecule has 5 atom stereocenters. The smallest absolute Gasteiger partial charge is 0.225 e. The van der Waals surface area contributed by atoms with Crippen molar-refractivity contribution < 1.29 is 9.53 Å². The molecule has 1 amide bonds. The average Bonchev–Trinajstić information content (AvgIpc) is 2.36. The fraction of sp³-hybridized carbons (Fsp3) is 0.933. The Morgan fingerprint density at radius 3 is 2.47 bits per heavy atom. The van der Waals surface area contributed by atoms with E-state index in [-0.39, 0.29) is 24.2 Å². The van der Waals surface area contributed by atoms with Crippen LogP contribution < -0.4 is 5.73 Å². The van der Waals surface area contributed by atoms with E-state index in [1.165, 1.54) is 6.42 Å². The first-order valence-electron chi connectivity index (χ1n) is 7.67. The molecule has 2 rings (SSSR count). The summed E-state index contributed by atoms with van der Waals surface area (Å²) in [5, 5.41) is 0. The number of amides is 1. The molecular formula is C15H28N2O2. The Balaban J connectivity index is 1.94. The van der Waals surface area contributed by atoms with Crippen molar-refractivity contribution >= 4 is 5.91 Å². The highest BCUT2D eigenvalue weighted by atomic mass is 16.5. The third-order valence-corrected chi connectivity index (χ3v) is 4.58. The number of hydrogen-bond donors (Lipinski definition) is 1. The van der Waals surface area contributed by atoms with Crippen molar-refractivity contribution in [1.29, 1.82) is 0 Å². The maximum absolute atomic E-state index is 12.6. The minimum absolute atomic E-state index is 0.101. The molecule has 2 N–H and O–H groups in total. The molecule has 19 heavy (non-hydrogen) atoms. The van der Waals surface area contributed by atoms with E-state index in [0.29, 0.717) is 11.8 Å². The first-order chi connectivity index (χ1) is 8.97. The van der Waals surface area contributed by atoms with E-state index in [9.17, 15) is 4.79 Å². The Morgan fingerprint density at radius 1 is 1.26 bits per heavy atom. The summed E-state index contributed by atoms with van der Waals surface area (Å²) in [6, 6.07) is 0.288. The molecule has 0 aromatic carbocycles. The van der Waals surface area contributed by atoms with Crippen LogP contribution in [0.15, 0.2) is 0 Å². The standard InChI is InChI=1S/C15H28N2O2/c1-10-8-17(9-11(2)19-10)15(18)12(3)13-5-4-6-14(16)7-13/h10-14H,4-9,16H2,1-3H3. The Hall–Kier alpha value is -0.610. The Kier molecular flexibility index (Phi) is 4.85. The van der Waals surface area contributed by atoms with Gasteiger partial charge in [-0.15, -0.1) is 0 Å². The molecule has 1 saturated carbocycles. The predicted octanol–water partition coefficient (Wildman–Crippen LogP) is 1.78. The molecule has 110 valence electrons. The van der Waals surface area contributed by atoms with E-state index in [2.05, 4.69) is 6.92 Å². The van der Waals surface area contributed by atoms with Gasteiger partial charge in [0.2, 0.25) is 5.91 Å². The summed E-state index contributed by atoms with van der Waals surface area (Å²) in [4.78, 5) is 14.6. The first kappa shape index (κ1) is 14.8. The first-order valence-corrected chi connectivity index (χ1v) is 7.67. The molecule has 0 aromatic rings. The van der Waals surface area contributed by atoms with E-state index in [4.69, 9.17) is 10.5 Å². The topological polar surface area (TPSA) is 55.6 Å². The minimum atomic E-state index is 0.101. The Labute approximate surface area is 116 Å². The van der Waals surface area contributed by atoms with Crippen LogP contribution >= 0.6 is 0 Å². The van der Waals surface area contributed by atoms with Gasteiger partial charge in [0, 0.05) is 25.0 Å². The summed E-state index contributed by atoms with van der Waals surface area (Å²) in [6.45, 7) is 7.61. The normalized spacial score (nSPS) is 38.0. The molecule has 5 unspecified atom stereocenters. The lowest BCUT2D eigenvalue weighted by Gasteiger charge is -2.39. The summed E-state index contributed by atoms with van der Waals surface area (Å²) in [6.07, 6.45) is 4.72. The van der Waals surface area contributed by atoms with Gasteiger partial charge in [-0.2, -0.15) is 0 Å². The van der Waals surface area contributed by atoms with Crippen molar-refractivity contribution in [3.63, 3.8) is 0 Å². The largest absolute Gasteiger partial charge is 0.372 e. The van der Waals surface area contributed by atoms with Crippen LogP contribution in [0.2, 0.25) is 0 Å². The lowest BCUT2D eigenvalue weighted by molar-refractivity contribution is -0.149. The van der Waals surface area contributed by atoms with Crippen LogP contribution in [-0.4, -0.2) is 42.1 Å². The zero-order valence-corrected chi connectivity index (χ0v) is 12.5. The third-order valence-electron chi connectivity index (χ3n) is 4.58. The van der Waals surface area contributed by atoms with Crippen molar-refractivity contribution in [2.75, 3.05) is 13.1 Å². The molecule has 0 radical (unpaired) electrons. The fourth-order valence-corrected chi connectivity index (χ4v) is 3.57. The second kappa shape index (κ2) is 6.23. The zero-order valence-electron chi connectivity index (χ0n) is 12.5. The molecule has 2 aliphatic rings. The van der Waals surface area contributed by atoms with Crippen LogP contribution in [0, 0.1) is 11.8 Å². The van der Waals surface area contributed by atoms with Gasteiger partial charge in [0.25, 0.3) is 0 Å². The molecule has 2 fully saturated rings. The van der Waals surface area contributed by atoms with Crippen molar-refractivity contribution in [3.8, 4) is 0 Å². The number of morpholine rings is 1. The van der Waals surface area contributed by atoms with Crippen molar-refractivity contribution in [2.24, 2.45) is 17.6 Å². The number of carbonyl (C=O) groups is 1. The van der Waals surface area contributed by atoms with Crippen LogP contribution in [0.4, 0.5) is 0 Å². The summed E-state index contributed by atoms with van der Waals surface area (Å²) in [5.74, 6) is 0.856. The van der Waals surface area contributed by atoms with Gasteiger partial charge < -0.3 is 15.4 Å². The van der Waals surface area contributed by atoms with Gasteiger partial charge in [-0.3, -0.25) is 4.79 Å². The van der Waals surface area contributed by atoms with Gasteiger partial charge in [-0.05, 0) is 39.0 Å². The summed E-state index contributed by atoms with van der Waals surface area (Å²) in [7, 11) is 0. The second-order valence-corrected chi connectivity index (χ2v) is 6.48. The average molecular weight is 268 g/mol. The quantitative estimate of drug-likeness (QED) is 0.830. The molecule has 0 bridgehead atoms. The Morgan fingerprint density at radius 2 is 1.89 bits per heavy atom. The molecule has 1 aliphatic carbocycles. The van der Waals surface area contributed by atoms with Gasteiger partial charge >= 0.3 is 0 Å². The maximum Gasteiger partial charge on any atom is 0.225 e. The SMILES string of the molecule is CC1CN(C(=O)C(C)C2CCCC(N)C2)CC(C)O1. The zero-order chi connectivity index (χ0) is 14.0. The van der Waals surface area contributed by atoms with Crippen LogP contribution in [0.3, 0.4) is 0 Å². The lowest BCUT2D eigenvalue weighted by Crippen LogP contribution is -2.51. The lowest BCUT2D eigenvalue weighted by atomic mass is 9.78. The van der Waals surface area contributed by atoms with Crippen LogP contribution in [0.5, 0.6) is 0 Å². The van der Waals surface area contributed by atoms with Crippen molar-refractivity contribution in [3.05, 3.63) is 0 Å². The van der Waals surface area contributed by atoms with E-state index in [1.807, 2.05) is 18.7 Å². The number of rotatable bonds is 2. The molecular weight excluding hydrogens is 240 g/mol. The summed E-state index contributed by atoms with van der Waals surface area (Å²) in [5.41, 5.74) is 6.04.